The number of carbonyl (C=O) groups is 3. The summed E-state index contributed by atoms with van der Waals surface area (Å²) < 4.78 is 11.6. The Balaban J connectivity index is 1.30. The Labute approximate surface area is 240 Å². The van der Waals surface area contributed by atoms with Crippen LogP contribution in [-0.2, 0) is 22.8 Å². The number of ether oxygens (including phenoxy) is 2. The molecule has 0 aromatic heterocycles. The van der Waals surface area contributed by atoms with Crippen LogP contribution in [0.5, 0.6) is 11.5 Å². The Kier molecular flexibility index (Phi) is 8.15. The van der Waals surface area contributed by atoms with Crippen LogP contribution >= 0.6 is 23.2 Å². The molecule has 4 aromatic rings. The van der Waals surface area contributed by atoms with E-state index in [0.29, 0.717) is 33.7 Å². The van der Waals surface area contributed by atoms with Crippen molar-refractivity contribution in [2.24, 2.45) is 0 Å². The zero-order valence-corrected chi connectivity index (χ0v) is 22.5. The van der Waals surface area contributed by atoms with Gasteiger partial charge in [0.1, 0.15) is 30.3 Å². The number of imide groups is 2. The van der Waals surface area contributed by atoms with Gasteiger partial charge in [-0.25, -0.2) is 9.69 Å². The SMILES string of the molecule is O=C1NC(=O)N(c2ccc(OCc3ccc(Cl)cc3)cc2)C(=O)/C1=C\c1cccc(OCc2ccccc2Cl)c1. The molecule has 1 fully saturated rings. The minimum Gasteiger partial charge on any atom is -0.489 e. The summed E-state index contributed by atoms with van der Waals surface area (Å²) in [6.45, 7) is 0.572. The Morgan fingerprint density at radius 3 is 2.23 bits per heavy atom. The van der Waals surface area contributed by atoms with Gasteiger partial charge in [-0.2, -0.15) is 0 Å². The van der Waals surface area contributed by atoms with Crippen LogP contribution in [0.1, 0.15) is 16.7 Å². The number of hydrogen-bond donors (Lipinski definition) is 1. The monoisotopic (exact) mass is 572 g/mol. The lowest BCUT2D eigenvalue weighted by molar-refractivity contribution is -0.122. The van der Waals surface area contributed by atoms with Crippen molar-refractivity contribution in [3.63, 3.8) is 0 Å². The number of halogens is 2. The molecule has 4 amide bonds. The summed E-state index contributed by atoms with van der Waals surface area (Å²) in [5.41, 5.74) is 2.41. The lowest BCUT2D eigenvalue weighted by Crippen LogP contribution is -2.54. The van der Waals surface area contributed by atoms with Crippen LogP contribution in [0.15, 0.2) is 103 Å². The second-order valence-electron chi connectivity index (χ2n) is 8.82. The fraction of sp³-hybridized carbons (Fsp3) is 0.0645. The van der Waals surface area contributed by atoms with Crippen molar-refractivity contribution in [2.75, 3.05) is 4.90 Å². The summed E-state index contributed by atoms with van der Waals surface area (Å²) in [7, 11) is 0. The molecule has 1 aliphatic rings. The molecule has 0 unspecified atom stereocenters. The molecule has 0 aliphatic carbocycles. The molecule has 4 aromatic carbocycles. The fourth-order valence-electron chi connectivity index (χ4n) is 3.97. The van der Waals surface area contributed by atoms with Crippen molar-refractivity contribution >= 4 is 52.8 Å². The van der Waals surface area contributed by atoms with E-state index in [9.17, 15) is 14.4 Å². The number of carbonyl (C=O) groups excluding carboxylic acids is 3. The van der Waals surface area contributed by atoms with Gasteiger partial charge in [0.2, 0.25) is 0 Å². The maximum Gasteiger partial charge on any atom is 0.335 e. The molecule has 1 saturated heterocycles. The number of nitrogens with zero attached hydrogens (tertiary/aromatic N) is 1. The molecule has 7 nitrogen and oxygen atoms in total. The molecule has 200 valence electrons. The third-order valence-corrected chi connectivity index (χ3v) is 6.66. The molecule has 40 heavy (non-hydrogen) atoms. The van der Waals surface area contributed by atoms with Crippen LogP contribution in [0, 0.1) is 0 Å². The van der Waals surface area contributed by atoms with E-state index in [1.165, 1.54) is 6.08 Å². The van der Waals surface area contributed by atoms with E-state index in [4.69, 9.17) is 32.7 Å². The summed E-state index contributed by atoms with van der Waals surface area (Å²) >= 11 is 12.1. The average Bonchev–Trinajstić information content (AvgIpc) is 2.95. The maximum absolute atomic E-state index is 13.3. The highest BCUT2D eigenvalue weighted by Gasteiger charge is 2.36. The van der Waals surface area contributed by atoms with Gasteiger partial charge < -0.3 is 9.47 Å². The van der Waals surface area contributed by atoms with Crippen LogP contribution in [-0.4, -0.2) is 17.8 Å². The summed E-state index contributed by atoms with van der Waals surface area (Å²) in [4.78, 5) is 39.4. The quantitative estimate of drug-likeness (QED) is 0.185. The molecule has 1 N–H and O–H groups in total. The molecule has 0 atom stereocenters. The number of amides is 4. The second-order valence-corrected chi connectivity index (χ2v) is 9.66. The van der Waals surface area contributed by atoms with Crippen LogP contribution in [0.25, 0.3) is 6.08 Å². The standard InChI is InChI=1S/C31H22Cl2N2O5/c32-23-10-8-20(9-11-23)18-39-25-14-12-24(13-15-25)35-30(37)27(29(36)34-31(35)38)17-21-4-3-6-26(16-21)40-19-22-5-1-2-7-28(22)33/h1-17H,18-19H2,(H,34,36,38)/b27-17-. The van der Waals surface area contributed by atoms with Crippen molar-refractivity contribution < 1.29 is 23.9 Å². The van der Waals surface area contributed by atoms with E-state index >= 15 is 0 Å². The molecule has 0 radical (unpaired) electrons. The first-order valence-electron chi connectivity index (χ1n) is 12.2. The van der Waals surface area contributed by atoms with Gasteiger partial charge in [0.05, 0.1) is 5.69 Å². The van der Waals surface area contributed by atoms with E-state index in [-0.39, 0.29) is 17.9 Å². The van der Waals surface area contributed by atoms with Gasteiger partial charge in [-0.05, 0) is 71.8 Å². The topological polar surface area (TPSA) is 84.9 Å². The lowest BCUT2D eigenvalue weighted by atomic mass is 10.1. The molecule has 0 bridgehead atoms. The van der Waals surface area contributed by atoms with E-state index in [2.05, 4.69) is 5.32 Å². The van der Waals surface area contributed by atoms with Crippen molar-refractivity contribution in [3.05, 3.63) is 129 Å². The van der Waals surface area contributed by atoms with E-state index in [0.717, 1.165) is 16.0 Å². The van der Waals surface area contributed by atoms with Crippen molar-refractivity contribution in [1.29, 1.82) is 0 Å². The zero-order chi connectivity index (χ0) is 28.1. The van der Waals surface area contributed by atoms with E-state index in [1.807, 2.05) is 30.3 Å². The molecule has 5 rings (SSSR count). The van der Waals surface area contributed by atoms with Gasteiger partial charge in [-0.1, -0.05) is 65.7 Å². The number of benzene rings is 4. The highest BCUT2D eigenvalue weighted by Crippen LogP contribution is 2.26. The van der Waals surface area contributed by atoms with Gasteiger partial charge in [0, 0.05) is 15.6 Å². The van der Waals surface area contributed by atoms with Crippen molar-refractivity contribution in [1.82, 2.24) is 5.32 Å². The number of barbiturate groups is 1. The summed E-state index contributed by atoms with van der Waals surface area (Å²) in [5, 5.41) is 3.46. The third kappa shape index (κ3) is 6.34. The molecule has 0 spiro atoms. The maximum atomic E-state index is 13.3. The van der Waals surface area contributed by atoms with E-state index in [1.54, 1.807) is 66.7 Å². The number of nitrogens with one attached hydrogen (secondary N) is 1. The van der Waals surface area contributed by atoms with Crippen LogP contribution < -0.4 is 19.7 Å². The molecule has 1 aliphatic heterocycles. The highest BCUT2D eigenvalue weighted by molar-refractivity contribution is 6.39. The normalized spacial score (nSPS) is 14.3. The van der Waals surface area contributed by atoms with Crippen LogP contribution in [0.2, 0.25) is 10.0 Å². The van der Waals surface area contributed by atoms with Crippen molar-refractivity contribution in [3.8, 4) is 11.5 Å². The number of rotatable bonds is 8. The number of anilines is 1. The minimum atomic E-state index is -0.834. The van der Waals surface area contributed by atoms with Crippen molar-refractivity contribution in [2.45, 2.75) is 13.2 Å². The molecule has 1 heterocycles. The van der Waals surface area contributed by atoms with Gasteiger partial charge in [0.15, 0.2) is 0 Å². The van der Waals surface area contributed by atoms with Gasteiger partial charge in [-0.15, -0.1) is 0 Å². The second kappa shape index (κ2) is 12.1. The first kappa shape index (κ1) is 27.0. The fourth-order valence-corrected chi connectivity index (χ4v) is 4.28. The summed E-state index contributed by atoms with van der Waals surface area (Å²) in [5.74, 6) is -0.452. The molecule has 0 saturated carbocycles. The van der Waals surface area contributed by atoms with Gasteiger partial charge in [-0.3, -0.25) is 14.9 Å². The summed E-state index contributed by atoms with van der Waals surface area (Å²) in [6, 6.07) is 27.1. The van der Waals surface area contributed by atoms with E-state index < -0.39 is 17.8 Å². The smallest absolute Gasteiger partial charge is 0.335 e. The molecule has 9 heteroatoms. The van der Waals surface area contributed by atoms with Crippen LogP contribution in [0.3, 0.4) is 0 Å². The van der Waals surface area contributed by atoms with Gasteiger partial charge in [0.25, 0.3) is 11.8 Å². The Hall–Kier alpha value is -4.59. The zero-order valence-electron chi connectivity index (χ0n) is 21.0. The first-order valence-corrected chi connectivity index (χ1v) is 13.0. The first-order chi connectivity index (χ1) is 19.4. The predicted octanol–water partition coefficient (Wildman–Crippen LogP) is 6.82. The van der Waals surface area contributed by atoms with Crippen LogP contribution in [0.4, 0.5) is 10.5 Å². The van der Waals surface area contributed by atoms with Gasteiger partial charge >= 0.3 is 6.03 Å². The molecular weight excluding hydrogens is 551 g/mol. The summed E-state index contributed by atoms with van der Waals surface area (Å²) in [6.07, 6.45) is 1.42. The molecular formula is C31H22Cl2N2O5. The average molecular weight is 573 g/mol. The Morgan fingerprint density at radius 1 is 0.750 bits per heavy atom. The lowest BCUT2D eigenvalue weighted by Gasteiger charge is -2.26. The number of hydrogen-bond acceptors (Lipinski definition) is 5. The minimum absolute atomic E-state index is 0.189. The predicted molar refractivity (Wildman–Crippen MR) is 153 cm³/mol. The third-order valence-electron chi connectivity index (χ3n) is 6.04. The Bertz CT molecular complexity index is 1600. The number of urea groups is 1. The Morgan fingerprint density at radius 2 is 1.48 bits per heavy atom. The largest absolute Gasteiger partial charge is 0.489 e. The highest BCUT2D eigenvalue weighted by atomic mass is 35.5.